The quantitative estimate of drug-likeness (QED) is 0.696. The Kier molecular flexibility index (Phi) is 6.89. The summed E-state index contributed by atoms with van der Waals surface area (Å²) in [5.74, 6) is 0.352. The van der Waals surface area contributed by atoms with Crippen LogP contribution in [0.5, 0.6) is 17.2 Å². The molecule has 0 aliphatic heterocycles. The number of hydrogen-bond acceptors (Lipinski definition) is 6. The van der Waals surface area contributed by atoms with Crippen molar-refractivity contribution in [3.05, 3.63) is 28.8 Å². The number of aromatic nitrogens is 1. The molecule has 1 heterocycles. The second-order valence-corrected chi connectivity index (χ2v) is 5.95. The Hall–Kier alpha value is -2.49. The van der Waals surface area contributed by atoms with Gasteiger partial charge in [-0.05, 0) is 32.9 Å². The summed E-state index contributed by atoms with van der Waals surface area (Å²) in [5.41, 5.74) is -0.909. The summed E-state index contributed by atoms with van der Waals surface area (Å²) in [7, 11) is 0. The second kappa shape index (κ2) is 8.94. The highest BCUT2D eigenvalue weighted by Gasteiger charge is 2.34. The molecule has 2 aromatic rings. The Morgan fingerprint density at radius 1 is 1.07 bits per heavy atom. The highest BCUT2D eigenvalue weighted by molar-refractivity contribution is 7.14. The van der Waals surface area contributed by atoms with Crippen molar-refractivity contribution < 1.29 is 32.2 Å². The zero-order chi connectivity index (χ0) is 20.0. The van der Waals surface area contributed by atoms with Gasteiger partial charge in [0.1, 0.15) is 0 Å². The van der Waals surface area contributed by atoms with E-state index in [-0.39, 0.29) is 10.7 Å². The van der Waals surface area contributed by atoms with Crippen molar-refractivity contribution >= 4 is 22.4 Å². The predicted molar refractivity (Wildman–Crippen MR) is 95.0 cm³/mol. The molecule has 0 atom stereocenters. The number of nitrogens with one attached hydrogen (secondary N) is 1. The van der Waals surface area contributed by atoms with Crippen LogP contribution in [0.25, 0.3) is 0 Å². The van der Waals surface area contributed by atoms with E-state index in [1.807, 2.05) is 0 Å². The van der Waals surface area contributed by atoms with E-state index in [9.17, 15) is 18.0 Å². The average molecular weight is 404 g/mol. The zero-order valence-electron chi connectivity index (χ0n) is 15.0. The Morgan fingerprint density at radius 2 is 1.63 bits per heavy atom. The minimum atomic E-state index is -4.57. The fourth-order valence-electron chi connectivity index (χ4n) is 2.15. The maximum Gasteiger partial charge on any atom is 0.434 e. The van der Waals surface area contributed by atoms with E-state index in [1.54, 1.807) is 20.8 Å². The number of halogens is 3. The van der Waals surface area contributed by atoms with Gasteiger partial charge < -0.3 is 14.2 Å². The van der Waals surface area contributed by atoms with Crippen LogP contribution in [0, 0.1) is 0 Å². The maximum absolute atomic E-state index is 12.6. The molecule has 2 rings (SSSR count). The third-order valence-corrected chi connectivity index (χ3v) is 3.94. The Morgan fingerprint density at radius 3 is 2.07 bits per heavy atom. The lowest BCUT2D eigenvalue weighted by Gasteiger charge is -2.16. The molecule has 1 aromatic heterocycles. The lowest BCUT2D eigenvalue weighted by molar-refractivity contribution is -0.140. The van der Waals surface area contributed by atoms with Crippen molar-refractivity contribution in [2.45, 2.75) is 26.9 Å². The number of amides is 1. The monoisotopic (exact) mass is 404 g/mol. The van der Waals surface area contributed by atoms with Gasteiger partial charge in [-0.25, -0.2) is 4.98 Å². The molecule has 0 aliphatic rings. The number of thiazole rings is 1. The standard InChI is InChI=1S/C17H19F3N2O4S/c1-4-24-11-7-10(8-12(25-5-2)14(11)26-6-3)15(23)22-16-21-13(9-27-16)17(18,19)20/h7-9H,4-6H2,1-3H3,(H,21,22,23). The molecule has 1 amide bonds. The molecular weight excluding hydrogens is 385 g/mol. The molecule has 0 fully saturated rings. The van der Waals surface area contributed by atoms with Gasteiger partial charge in [-0.3, -0.25) is 10.1 Å². The van der Waals surface area contributed by atoms with E-state index in [2.05, 4.69) is 10.3 Å². The number of benzene rings is 1. The first-order chi connectivity index (χ1) is 12.8. The lowest BCUT2D eigenvalue weighted by atomic mass is 10.1. The number of hydrogen-bond donors (Lipinski definition) is 1. The number of carbonyl (C=O) groups excluding carboxylic acids is 1. The topological polar surface area (TPSA) is 69.7 Å². The number of anilines is 1. The molecule has 1 aromatic carbocycles. The molecule has 10 heteroatoms. The highest BCUT2D eigenvalue weighted by atomic mass is 32.1. The second-order valence-electron chi connectivity index (χ2n) is 5.09. The normalized spacial score (nSPS) is 11.2. The molecule has 0 bridgehead atoms. The zero-order valence-corrected chi connectivity index (χ0v) is 15.8. The van der Waals surface area contributed by atoms with Crippen LogP contribution < -0.4 is 19.5 Å². The first kappa shape index (κ1) is 20.8. The van der Waals surface area contributed by atoms with E-state index in [1.165, 1.54) is 12.1 Å². The first-order valence-electron chi connectivity index (χ1n) is 8.20. The van der Waals surface area contributed by atoms with Crippen molar-refractivity contribution in [3.8, 4) is 17.2 Å². The summed E-state index contributed by atoms with van der Waals surface area (Å²) in [6.45, 7) is 6.38. The van der Waals surface area contributed by atoms with E-state index in [4.69, 9.17) is 14.2 Å². The highest BCUT2D eigenvalue weighted by Crippen LogP contribution is 2.39. The third-order valence-electron chi connectivity index (χ3n) is 3.19. The van der Waals surface area contributed by atoms with Crippen molar-refractivity contribution in [2.75, 3.05) is 25.1 Å². The lowest BCUT2D eigenvalue weighted by Crippen LogP contribution is -2.14. The smallest absolute Gasteiger partial charge is 0.434 e. The molecule has 6 nitrogen and oxygen atoms in total. The molecule has 148 valence electrons. The van der Waals surface area contributed by atoms with Gasteiger partial charge in [-0.2, -0.15) is 13.2 Å². The molecule has 0 saturated carbocycles. The van der Waals surface area contributed by atoms with Crippen LogP contribution in [0.4, 0.5) is 18.3 Å². The largest absolute Gasteiger partial charge is 0.490 e. The van der Waals surface area contributed by atoms with Gasteiger partial charge in [0.25, 0.3) is 5.91 Å². The molecule has 27 heavy (non-hydrogen) atoms. The van der Waals surface area contributed by atoms with Crippen LogP contribution >= 0.6 is 11.3 Å². The summed E-state index contributed by atoms with van der Waals surface area (Å²) in [6, 6.07) is 2.90. The van der Waals surface area contributed by atoms with Gasteiger partial charge in [0.2, 0.25) is 5.75 Å². The molecule has 0 unspecified atom stereocenters. The molecule has 1 N–H and O–H groups in total. The Labute approximate surface area is 158 Å². The summed E-state index contributed by atoms with van der Waals surface area (Å²) >= 11 is 0.689. The summed E-state index contributed by atoms with van der Waals surface area (Å²) in [4.78, 5) is 15.9. The predicted octanol–water partition coefficient (Wildman–Crippen LogP) is 4.61. The summed E-state index contributed by atoms with van der Waals surface area (Å²) in [5, 5.41) is 3.04. The number of ether oxygens (including phenoxy) is 3. The SMILES string of the molecule is CCOc1cc(C(=O)Nc2nc(C(F)(F)F)cs2)cc(OCC)c1OCC. The van der Waals surface area contributed by atoms with Crippen molar-refractivity contribution in [1.29, 1.82) is 0 Å². The van der Waals surface area contributed by atoms with E-state index in [0.29, 0.717) is 48.4 Å². The van der Waals surface area contributed by atoms with Crippen LogP contribution in [0.2, 0.25) is 0 Å². The molecule has 0 spiro atoms. The number of alkyl halides is 3. The van der Waals surface area contributed by atoms with Crippen molar-refractivity contribution in [2.24, 2.45) is 0 Å². The molecule has 0 radical (unpaired) electrons. The average Bonchev–Trinajstić information content (AvgIpc) is 3.06. The van der Waals surface area contributed by atoms with Gasteiger partial charge in [-0.1, -0.05) is 0 Å². The van der Waals surface area contributed by atoms with Gasteiger partial charge in [-0.15, -0.1) is 11.3 Å². The van der Waals surface area contributed by atoms with Gasteiger partial charge in [0.15, 0.2) is 22.3 Å². The maximum atomic E-state index is 12.6. The summed E-state index contributed by atoms with van der Waals surface area (Å²) < 4.78 is 54.5. The fraction of sp³-hybridized carbons (Fsp3) is 0.412. The van der Waals surface area contributed by atoms with Crippen LogP contribution in [0.3, 0.4) is 0 Å². The van der Waals surface area contributed by atoms with E-state index < -0.39 is 17.8 Å². The minimum Gasteiger partial charge on any atom is -0.490 e. The Balaban J connectivity index is 2.32. The van der Waals surface area contributed by atoms with Crippen LogP contribution in [0.15, 0.2) is 17.5 Å². The fourth-order valence-corrected chi connectivity index (χ4v) is 2.86. The molecule has 0 aliphatic carbocycles. The van der Waals surface area contributed by atoms with Gasteiger partial charge in [0, 0.05) is 10.9 Å². The van der Waals surface area contributed by atoms with Crippen LogP contribution in [0.1, 0.15) is 36.8 Å². The minimum absolute atomic E-state index is 0.147. The third kappa shape index (κ3) is 5.25. The molecule has 0 saturated heterocycles. The summed E-state index contributed by atoms with van der Waals surface area (Å²) in [6.07, 6.45) is -4.57. The van der Waals surface area contributed by atoms with Crippen LogP contribution in [-0.4, -0.2) is 30.7 Å². The number of carbonyl (C=O) groups is 1. The van der Waals surface area contributed by atoms with E-state index in [0.717, 1.165) is 5.38 Å². The van der Waals surface area contributed by atoms with Crippen LogP contribution in [-0.2, 0) is 6.18 Å². The van der Waals surface area contributed by atoms with Gasteiger partial charge in [0.05, 0.1) is 19.8 Å². The van der Waals surface area contributed by atoms with E-state index >= 15 is 0 Å². The molecular formula is C17H19F3N2O4S. The number of rotatable bonds is 8. The number of nitrogens with zero attached hydrogens (tertiary/aromatic N) is 1. The van der Waals surface area contributed by atoms with Gasteiger partial charge >= 0.3 is 6.18 Å². The van der Waals surface area contributed by atoms with Crippen molar-refractivity contribution in [3.63, 3.8) is 0 Å². The van der Waals surface area contributed by atoms with Crippen molar-refractivity contribution in [1.82, 2.24) is 4.98 Å². The first-order valence-corrected chi connectivity index (χ1v) is 9.08. The Bertz CT molecular complexity index is 766.